The third-order valence-corrected chi connectivity index (χ3v) is 4.84. The summed E-state index contributed by atoms with van der Waals surface area (Å²) in [5.41, 5.74) is 1.17. The van der Waals surface area contributed by atoms with Crippen LogP contribution in [0.15, 0.2) is 52.1 Å². The van der Waals surface area contributed by atoms with E-state index >= 15 is 0 Å². The van der Waals surface area contributed by atoms with E-state index in [-0.39, 0.29) is 36.1 Å². The molecule has 0 spiro atoms. The SMILES string of the molecule is CN(C)CC(=O)Nc1n[nH]c2ccc(Nc3c(NCc4cccc(O)c4)c(=O)c3=O)cc12. The zero-order valence-electron chi connectivity index (χ0n) is 17.5. The maximum atomic E-state index is 12.1. The Labute approximate surface area is 182 Å². The monoisotopic (exact) mass is 434 g/mol. The number of aromatic nitrogens is 2. The van der Waals surface area contributed by atoms with Crippen LogP contribution in [0.2, 0.25) is 0 Å². The van der Waals surface area contributed by atoms with Crippen LogP contribution in [0.3, 0.4) is 0 Å². The predicted octanol–water partition coefficient (Wildman–Crippen LogP) is 1.72. The van der Waals surface area contributed by atoms with Crippen molar-refractivity contribution in [3.63, 3.8) is 0 Å². The van der Waals surface area contributed by atoms with Gasteiger partial charge in [-0.2, -0.15) is 5.10 Å². The van der Waals surface area contributed by atoms with Crippen LogP contribution in [-0.4, -0.2) is 46.8 Å². The topological polar surface area (TPSA) is 139 Å². The van der Waals surface area contributed by atoms with E-state index < -0.39 is 10.9 Å². The van der Waals surface area contributed by atoms with E-state index in [0.717, 1.165) is 5.56 Å². The predicted molar refractivity (Wildman–Crippen MR) is 123 cm³/mol. The Bertz CT molecular complexity index is 1370. The highest BCUT2D eigenvalue weighted by Crippen LogP contribution is 2.27. The molecule has 1 amide bonds. The van der Waals surface area contributed by atoms with Gasteiger partial charge >= 0.3 is 0 Å². The number of fused-ring (bicyclic) bond motifs is 1. The summed E-state index contributed by atoms with van der Waals surface area (Å²) in [4.78, 5) is 38.0. The van der Waals surface area contributed by atoms with Gasteiger partial charge in [-0.3, -0.25) is 19.5 Å². The number of amides is 1. The van der Waals surface area contributed by atoms with Gasteiger partial charge in [0.25, 0.3) is 10.9 Å². The van der Waals surface area contributed by atoms with Gasteiger partial charge in [0.2, 0.25) is 5.91 Å². The van der Waals surface area contributed by atoms with Crippen molar-refractivity contribution >= 4 is 39.7 Å². The number of aromatic hydroxyl groups is 1. The summed E-state index contributed by atoms with van der Waals surface area (Å²) < 4.78 is 0. The number of nitrogens with zero attached hydrogens (tertiary/aromatic N) is 2. The van der Waals surface area contributed by atoms with E-state index in [9.17, 15) is 19.5 Å². The van der Waals surface area contributed by atoms with Crippen LogP contribution in [0.1, 0.15) is 5.56 Å². The lowest BCUT2D eigenvalue weighted by molar-refractivity contribution is -0.116. The molecule has 1 heterocycles. The first kappa shape index (κ1) is 21.1. The Morgan fingerprint density at radius 3 is 2.62 bits per heavy atom. The van der Waals surface area contributed by atoms with Crippen molar-refractivity contribution in [1.82, 2.24) is 15.1 Å². The highest BCUT2D eigenvalue weighted by atomic mass is 16.3. The Kier molecular flexibility index (Phi) is 5.61. The summed E-state index contributed by atoms with van der Waals surface area (Å²) >= 11 is 0. The van der Waals surface area contributed by atoms with Crippen molar-refractivity contribution in [1.29, 1.82) is 0 Å². The lowest BCUT2D eigenvalue weighted by Gasteiger charge is -2.15. The van der Waals surface area contributed by atoms with Crippen LogP contribution in [0.25, 0.3) is 10.9 Å². The van der Waals surface area contributed by atoms with E-state index in [1.54, 1.807) is 61.5 Å². The highest BCUT2D eigenvalue weighted by molar-refractivity contribution is 6.01. The zero-order valence-corrected chi connectivity index (χ0v) is 17.5. The molecule has 4 rings (SSSR count). The highest BCUT2D eigenvalue weighted by Gasteiger charge is 2.21. The molecular weight excluding hydrogens is 412 g/mol. The average Bonchev–Trinajstić information content (AvgIpc) is 3.14. The van der Waals surface area contributed by atoms with Crippen LogP contribution in [0.4, 0.5) is 22.9 Å². The van der Waals surface area contributed by atoms with Gasteiger partial charge in [-0.1, -0.05) is 12.1 Å². The van der Waals surface area contributed by atoms with Crippen LogP contribution in [-0.2, 0) is 11.3 Å². The average molecular weight is 434 g/mol. The molecule has 0 bridgehead atoms. The number of nitrogens with one attached hydrogen (secondary N) is 4. The van der Waals surface area contributed by atoms with Gasteiger partial charge in [0.1, 0.15) is 17.1 Å². The number of carbonyl (C=O) groups excluding carboxylic acids is 1. The first-order chi connectivity index (χ1) is 15.3. The van der Waals surface area contributed by atoms with Gasteiger partial charge in [-0.05, 0) is 50.0 Å². The second-order valence-electron chi connectivity index (χ2n) is 7.68. The van der Waals surface area contributed by atoms with E-state index in [1.165, 1.54) is 0 Å². The van der Waals surface area contributed by atoms with E-state index in [2.05, 4.69) is 26.1 Å². The molecule has 10 heteroatoms. The summed E-state index contributed by atoms with van der Waals surface area (Å²) in [7, 11) is 3.59. The number of rotatable bonds is 8. The molecule has 0 aliphatic heterocycles. The number of benzene rings is 2. The molecule has 1 aromatic heterocycles. The van der Waals surface area contributed by atoms with Gasteiger partial charge in [0, 0.05) is 17.6 Å². The Morgan fingerprint density at radius 2 is 1.88 bits per heavy atom. The van der Waals surface area contributed by atoms with Crippen molar-refractivity contribution in [2.75, 3.05) is 36.6 Å². The van der Waals surface area contributed by atoms with Gasteiger partial charge < -0.3 is 26.0 Å². The molecule has 0 saturated carbocycles. The number of aromatic amines is 1. The minimum Gasteiger partial charge on any atom is -0.508 e. The molecule has 164 valence electrons. The van der Waals surface area contributed by atoms with Crippen molar-refractivity contribution in [2.24, 2.45) is 0 Å². The summed E-state index contributed by atoms with van der Waals surface area (Å²) in [6.45, 7) is 0.487. The minimum absolute atomic E-state index is 0.120. The number of anilines is 4. The Morgan fingerprint density at radius 1 is 1.09 bits per heavy atom. The molecule has 5 N–H and O–H groups in total. The van der Waals surface area contributed by atoms with Crippen LogP contribution >= 0.6 is 0 Å². The second-order valence-corrected chi connectivity index (χ2v) is 7.68. The van der Waals surface area contributed by atoms with Gasteiger partial charge in [-0.25, -0.2) is 0 Å². The van der Waals surface area contributed by atoms with Crippen LogP contribution < -0.4 is 26.8 Å². The molecule has 0 aliphatic rings. The van der Waals surface area contributed by atoms with Crippen molar-refractivity contribution in [3.8, 4) is 5.75 Å². The molecule has 4 aromatic rings. The Hall–Kier alpha value is -4.18. The fourth-order valence-corrected chi connectivity index (χ4v) is 3.33. The van der Waals surface area contributed by atoms with Crippen molar-refractivity contribution in [2.45, 2.75) is 6.54 Å². The number of hydrogen-bond acceptors (Lipinski definition) is 8. The molecule has 0 atom stereocenters. The maximum absolute atomic E-state index is 12.1. The van der Waals surface area contributed by atoms with Crippen LogP contribution in [0.5, 0.6) is 5.75 Å². The lowest BCUT2D eigenvalue weighted by Crippen LogP contribution is -2.36. The van der Waals surface area contributed by atoms with Crippen molar-refractivity contribution in [3.05, 3.63) is 68.5 Å². The maximum Gasteiger partial charge on any atom is 0.253 e. The van der Waals surface area contributed by atoms with Gasteiger partial charge in [0.15, 0.2) is 5.82 Å². The van der Waals surface area contributed by atoms with Gasteiger partial charge in [-0.15, -0.1) is 0 Å². The zero-order chi connectivity index (χ0) is 22.8. The number of H-pyrrole nitrogens is 1. The molecule has 0 aliphatic carbocycles. The second kappa shape index (κ2) is 8.52. The fraction of sp³-hybridized carbons (Fsp3) is 0.182. The molecule has 0 radical (unpaired) electrons. The fourth-order valence-electron chi connectivity index (χ4n) is 3.33. The first-order valence-electron chi connectivity index (χ1n) is 9.86. The third-order valence-electron chi connectivity index (χ3n) is 4.84. The van der Waals surface area contributed by atoms with Crippen molar-refractivity contribution < 1.29 is 9.90 Å². The number of phenols is 1. The van der Waals surface area contributed by atoms with Crippen LogP contribution in [0, 0.1) is 0 Å². The quantitative estimate of drug-likeness (QED) is 0.264. The summed E-state index contributed by atoms with van der Waals surface area (Å²) in [6, 6.07) is 11.9. The Balaban J connectivity index is 1.53. The third kappa shape index (κ3) is 4.30. The first-order valence-corrected chi connectivity index (χ1v) is 9.86. The summed E-state index contributed by atoms with van der Waals surface area (Å²) in [6.07, 6.45) is 0. The molecule has 3 aromatic carbocycles. The number of likely N-dealkylation sites (N-methyl/N-ethyl adjacent to an activating group) is 1. The standard InChI is InChI=1S/C22H22N6O4/c1-28(2)11-17(30)25-22-15-9-13(6-7-16(15)26-27-22)24-19-18(20(31)21(19)32)23-10-12-4-3-5-14(29)8-12/h3-9,23-24,29H,10-11H2,1-2H3,(H2,25,26,27,30). The summed E-state index contributed by atoms with van der Waals surface area (Å²) in [5.74, 6) is 0.292. The smallest absolute Gasteiger partial charge is 0.253 e. The summed E-state index contributed by atoms with van der Waals surface area (Å²) in [5, 5.41) is 25.9. The number of hydrogen-bond donors (Lipinski definition) is 5. The number of phenolic OH excluding ortho intramolecular Hbond substituents is 1. The molecule has 10 nitrogen and oxygen atoms in total. The molecule has 0 unspecified atom stereocenters. The molecule has 0 fully saturated rings. The molecular formula is C22H22N6O4. The van der Waals surface area contributed by atoms with Gasteiger partial charge in [0.05, 0.1) is 12.1 Å². The van der Waals surface area contributed by atoms with E-state index in [4.69, 9.17) is 0 Å². The van der Waals surface area contributed by atoms with E-state index in [1.807, 2.05) is 0 Å². The largest absolute Gasteiger partial charge is 0.508 e. The lowest BCUT2D eigenvalue weighted by atomic mass is 10.1. The minimum atomic E-state index is -0.616. The number of carbonyl (C=O) groups is 1. The molecule has 0 saturated heterocycles. The van der Waals surface area contributed by atoms with E-state index in [0.29, 0.717) is 22.4 Å². The normalized spacial score (nSPS) is 11.2. The molecule has 32 heavy (non-hydrogen) atoms.